The number of likely N-dealkylation sites (tertiary alicyclic amines) is 1. The summed E-state index contributed by atoms with van der Waals surface area (Å²) in [5.41, 5.74) is 1.65. The molecule has 1 N–H and O–H groups in total. The van der Waals surface area contributed by atoms with E-state index >= 15 is 0 Å². The van der Waals surface area contributed by atoms with E-state index in [1.165, 1.54) is 37.8 Å². The van der Waals surface area contributed by atoms with E-state index in [4.69, 9.17) is 0 Å². The molecule has 1 saturated carbocycles. The smallest absolute Gasteiger partial charge is 0.123 e. The maximum absolute atomic E-state index is 13.3. The highest BCUT2D eigenvalue weighted by Crippen LogP contribution is 2.46. The third-order valence-electron chi connectivity index (χ3n) is 5.24. The summed E-state index contributed by atoms with van der Waals surface area (Å²) >= 11 is 0. The minimum Gasteiger partial charge on any atom is -0.386 e. The molecule has 0 amide bonds. The Morgan fingerprint density at radius 1 is 1.15 bits per heavy atom. The summed E-state index contributed by atoms with van der Waals surface area (Å²) in [6, 6.07) is 4.77. The van der Waals surface area contributed by atoms with Crippen molar-refractivity contribution in [1.29, 1.82) is 0 Å². The Labute approximate surface area is 120 Å². The van der Waals surface area contributed by atoms with Crippen LogP contribution in [0.5, 0.6) is 0 Å². The second-order valence-corrected chi connectivity index (χ2v) is 6.41. The normalized spacial score (nSPS) is 24.1. The summed E-state index contributed by atoms with van der Waals surface area (Å²) in [5, 5.41) is 11.0. The number of aryl methyl sites for hydroxylation is 1. The van der Waals surface area contributed by atoms with Crippen molar-refractivity contribution in [3.05, 3.63) is 35.1 Å². The zero-order chi connectivity index (χ0) is 14.2. The molecule has 1 aromatic rings. The second-order valence-electron chi connectivity index (χ2n) is 6.41. The number of hydrogen-bond acceptors (Lipinski definition) is 2. The summed E-state index contributed by atoms with van der Waals surface area (Å²) in [7, 11) is 0. The van der Waals surface area contributed by atoms with Gasteiger partial charge in [0.05, 0.1) is 11.6 Å². The number of aliphatic hydroxyl groups is 1. The van der Waals surface area contributed by atoms with Gasteiger partial charge >= 0.3 is 0 Å². The van der Waals surface area contributed by atoms with Crippen LogP contribution >= 0.6 is 0 Å². The SMILES string of the molecule is Cc1cc(F)ccc1C(O)C1(N2CCCC2)CCCC1. The largest absolute Gasteiger partial charge is 0.386 e. The van der Waals surface area contributed by atoms with Crippen molar-refractivity contribution in [3.8, 4) is 0 Å². The van der Waals surface area contributed by atoms with E-state index in [1.807, 2.05) is 6.92 Å². The third-order valence-corrected chi connectivity index (χ3v) is 5.24. The van der Waals surface area contributed by atoms with Crippen molar-refractivity contribution in [2.45, 2.75) is 57.1 Å². The molecule has 2 aliphatic rings. The molecule has 1 aromatic carbocycles. The van der Waals surface area contributed by atoms with E-state index in [9.17, 15) is 9.50 Å². The van der Waals surface area contributed by atoms with E-state index in [0.717, 1.165) is 37.1 Å². The molecule has 2 fully saturated rings. The standard InChI is InChI=1S/C17H24FNO/c1-13-12-14(18)6-7-15(13)16(20)17(8-2-3-9-17)19-10-4-5-11-19/h6-7,12,16,20H,2-5,8-11H2,1H3. The Morgan fingerprint density at radius 2 is 1.80 bits per heavy atom. The van der Waals surface area contributed by atoms with E-state index in [0.29, 0.717) is 0 Å². The Bertz CT molecular complexity index is 476. The van der Waals surface area contributed by atoms with Gasteiger partial charge in [-0.3, -0.25) is 4.90 Å². The first-order valence-corrected chi connectivity index (χ1v) is 7.83. The fraction of sp³-hybridized carbons (Fsp3) is 0.647. The number of nitrogens with zero attached hydrogens (tertiary/aromatic N) is 1. The molecular formula is C17H24FNO. The van der Waals surface area contributed by atoms with Gasteiger partial charge in [-0.05, 0) is 69.0 Å². The maximum atomic E-state index is 13.3. The van der Waals surface area contributed by atoms with Crippen LogP contribution in [-0.2, 0) is 0 Å². The minimum absolute atomic E-state index is 0.112. The van der Waals surface area contributed by atoms with Crippen molar-refractivity contribution < 1.29 is 9.50 Å². The molecule has 1 aliphatic heterocycles. The van der Waals surface area contributed by atoms with E-state index in [1.54, 1.807) is 6.07 Å². The number of rotatable bonds is 3. The van der Waals surface area contributed by atoms with Gasteiger partial charge in [-0.1, -0.05) is 18.9 Å². The van der Waals surface area contributed by atoms with Crippen molar-refractivity contribution in [2.24, 2.45) is 0 Å². The number of benzene rings is 1. The van der Waals surface area contributed by atoms with Gasteiger partial charge in [0.2, 0.25) is 0 Å². The van der Waals surface area contributed by atoms with Crippen molar-refractivity contribution >= 4 is 0 Å². The Kier molecular flexibility index (Phi) is 3.83. The second kappa shape index (κ2) is 5.45. The zero-order valence-electron chi connectivity index (χ0n) is 12.2. The third kappa shape index (κ3) is 2.27. The molecule has 0 bridgehead atoms. The lowest BCUT2D eigenvalue weighted by Gasteiger charge is -2.43. The van der Waals surface area contributed by atoms with Crippen LogP contribution in [0.1, 0.15) is 55.8 Å². The van der Waals surface area contributed by atoms with Crippen LogP contribution in [0.15, 0.2) is 18.2 Å². The van der Waals surface area contributed by atoms with Crippen LogP contribution in [0.4, 0.5) is 4.39 Å². The molecule has 2 nitrogen and oxygen atoms in total. The Morgan fingerprint density at radius 3 is 2.40 bits per heavy atom. The molecule has 1 heterocycles. The highest BCUT2D eigenvalue weighted by molar-refractivity contribution is 5.31. The first-order valence-electron chi connectivity index (χ1n) is 7.83. The summed E-state index contributed by atoms with van der Waals surface area (Å²) in [4.78, 5) is 2.49. The Hall–Kier alpha value is -0.930. The van der Waals surface area contributed by atoms with Crippen LogP contribution in [0.3, 0.4) is 0 Å². The molecule has 3 rings (SSSR count). The van der Waals surface area contributed by atoms with Gasteiger partial charge in [0.25, 0.3) is 0 Å². The van der Waals surface area contributed by atoms with Gasteiger partial charge in [0.15, 0.2) is 0 Å². The molecule has 20 heavy (non-hydrogen) atoms. The Balaban J connectivity index is 1.94. The molecule has 0 radical (unpaired) electrons. The lowest BCUT2D eigenvalue weighted by molar-refractivity contribution is -0.0199. The molecule has 110 valence electrons. The first-order chi connectivity index (χ1) is 9.63. The molecular weight excluding hydrogens is 253 g/mol. The van der Waals surface area contributed by atoms with Crippen LogP contribution in [-0.4, -0.2) is 28.6 Å². The van der Waals surface area contributed by atoms with Crippen molar-refractivity contribution in [3.63, 3.8) is 0 Å². The zero-order valence-corrected chi connectivity index (χ0v) is 12.2. The summed E-state index contributed by atoms with van der Waals surface area (Å²) in [6.45, 7) is 4.09. The van der Waals surface area contributed by atoms with Gasteiger partial charge in [0, 0.05) is 0 Å². The monoisotopic (exact) mass is 277 g/mol. The predicted molar refractivity (Wildman–Crippen MR) is 78.1 cm³/mol. The predicted octanol–water partition coefficient (Wildman–Crippen LogP) is 3.58. The molecule has 1 aliphatic carbocycles. The quantitative estimate of drug-likeness (QED) is 0.913. The average molecular weight is 277 g/mol. The molecule has 1 atom stereocenters. The molecule has 3 heteroatoms. The van der Waals surface area contributed by atoms with E-state index in [2.05, 4.69) is 4.90 Å². The van der Waals surface area contributed by atoms with Gasteiger partial charge < -0.3 is 5.11 Å². The van der Waals surface area contributed by atoms with Gasteiger partial charge in [-0.2, -0.15) is 0 Å². The fourth-order valence-electron chi connectivity index (χ4n) is 4.15. The van der Waals surface area contributed by atoms with Gasteiger partial charge in [-0.25, -0.2) is 4.39 Å². The van der Waals surface area contributed by atoms with Gasteiger partial charge in [0.1, 0.15) is 5.82 Å². The van der Waals surface area contributed by atoms with Crippen LogP contribution < -0.4 is 0 Å². The summed E-state index contributed by atoms with van der Waals surface area (Å²) in [5.74, 6) is -0.222. The van der Waals surface area contributed by atoms with Crippen LogP contribution in [0.2, 0.25) is 0 Å². The molecule has 0 aromatic heterocycles. The van der Waals surface area contributed by atoms with Crippen LogP contribution in [0, 0.1) is 12.7 Å². The highest BCUT2D eigenvalue weighted by Gasteiger charge is 2.46. The highest BCUT2D eigenvalue weighted by atomic mass is 19.1. The van der Waals surface area contributed by atoms with E-state index < -0.39 is 6.10 Å². The molecule has 1 unspecified atom stereocenters. The van der Waals surface area contributed by atoms with Crippen LogP contribution in [0.25, 0.3) is 0 Å². The summed E-state index contributed by atoms with van der Waals surface area (Å²) in [6.07, 6.45) is 6.47. The summed E-state index contributed by atoms with van der Waals surface area (Å²) < 4.78 is 13.3. The lowest BCUT2D eigenvalue weighted by atomic mass is 9.83. The average Bonchev–Trinajstić information content (AvgIpc) is 3.10. The van der Waals surface area contributed by atoms with Crippen molar-refractivity contribution in [2.75, 3.05) is 13.1 Å². The number of halogens is 1. The first kappa shape index (κ1) is 14.0. The fourth-order valence-corrected chi connectivity index (χ4v) is 4.15. The number of hydrogen-bond donors (Lipinski definition) is 1. The lowest BCUT2D eigenvalue weighted by Crippen LogP contribution is -2.49. The van der Waals surface area contributed by atoms with E-state index in [-0.39, 0.29) is 11.4 Å². The topological polar surface area (TPSA) is 23.5 Å². The molecule has 1 saturated heterocycles. The number of aliphatic hydroxyl groups excluding tert-OH is 1. The minimum atomic E-state index is -0.497. The van der Waals surface area contributed by atoms with Crippen molar-refractivity contribution in [1.82, 2.24) is 4.90 Å². The van der Waals surface area contributed by atoms with Gasteiger partial charge in [-0.15, -0.1) is 0 Å². The molecule has 0 spiro atoms. The maximum Gasteiger partial charge on any atom is 0.123 e.